The van der Waals surface area contributed by atoms with Crippen LogP contribution in [-0.4, -0.2) is 29.5 Å². The second-order valence-electron chi connectivity index (χ2n) is 3.38. The number of hydrogen-bond acceptors (Lipinski definition) is 4. The minimum atomic E-state index is 0.942. The summed E-state index contributed by atoms with van der Waals surface area (Å²) in [6.07, 6.45) is 10.0. The number of aryl methyl sites for hydroxylation is 2. The van der Waals surface area contributed by atoms with Gasteiger partial charge in [0.1, 0.15) is 25.3 Å². The van der Waals surface area contributed by atoms with Crippen molar-refractivity contribution >= 4 is 0 Å². The fourth-order valence-corrected chi connectivity index (χ4v) is 1.42. The van der Waals surface area contributed by atoms with Crippen molar-refractivity contribution in [3.8, 4) is 0 Å². The molecule has 2 aromatic rings. The molecule has 0 aromatic carbocycles. The highest BCUT2D eigenvalue weighted by Crippen LogP contribution is 1.99. The predicted octanol–water partition coefficient (Wildman–Crippen LogP) is 0.740. The van der Waals surface area contributed by atoms with Crippen LogP contribution in [0.25, 0.3) is 0 Å². The quantitative estimate of drug-likeness (QED) is 0.654. The third-order valence-corrected chi connectivity index (χ3v) is 2.21. The first-order valence-corrected chi connectivity index (χ1v) is 5.10. The van der Waals surface area contributed by atoms with Crippen LogP contribution >= 0.6 is 0 Å². The molecular formula is C9H14N6. The van der Waals surface area contributed by atoms with Gasteiger partial charge in [0.15, 0.2) is 0 Å². The van der Waals surface area contributed by atoms with Crippen LogP contribution in [-0.2, 0) is 13.1 Å². The van der Waals surface area contributed by atoms with Gasteiger partial charge in [0.25, 0.3) is 0 Å². The standard InChI is InChI=1S/C9H14N6/c1(2-4-14-8-10-6-12-14)3-5-15-9-11-7-13-15/h6-9H,1-5H2. The van der Waals surface area contributed by atoms with Gasteiger partial charge in [-0.25, -0.2) is 9.97 Å². The Bertz CT molecular complexity index is 316. The third-order valence-electron chi connectivity index (χ3n) is 2.21. The van der Waals surface area contributed by atoms with Crippen LogP contribution in [0, 0.1) is 0 Å². The number of nitrogens with zero attached hydrogens (tertiary/aromatic N) is 6. The van der Waals surface area contributed by atoms with Crippen LogP contribution < -0.4 is 0 Å². The van der Waals surface area contributed by atoms with E-state index in [2.05, 4.69) is 20.2 Å². The van der Waals surface area contributed by atoms with Gasteiger partial charge in [-0.15, -0.1) is 0 Å². The molecule has 0 aliphatic carbocycles. The van der Waals surface area contributed by atoms with Gasteiger partial charge in [-0.3, -0.25) is 9.36 Å². The molecule has 0 saturated carbocycles. The molecule has 80 valence electrons. The van der Waals surface area contributed by atoms with E-state index in [0.29, 0.717) is 0 Å². The lowest BCUT2D eigenvalue weighted by atomic mass is 10.2. The smallest absolute Gasteiger partial charge is 0.137 e. The molecule has 0 unspecified atom stereocenters. The summed E-state index contributed by atoms with van der Waals surface area (Å²) in [6, 6.07) is 0. The second kappa shape index (κ2) is 5.23. The van der Waals surface area contributed by atoms with E-state index in [-0.39, 0.29) is 0 Å². The minimum absolute atomic E-state index is 0.942. The SMILES string of the molecule is c1ncn(CCCCCn2cncn2)n1. The van der Waals surface area contributed by atoms with Crippen molar-refractivity contribution in [2.45, 2.75) is 32.4 Å². The highest BCUT2D eigenvalue weighted by atomic mass is 15.3. The number of rotatable bonds is 6. The molecule has 0 N–H and O–H groups in total. The first kappa shape index (κ1) is 9.82. The molecule has 2 rings (SSSR count). The fourth-order valence-electron chi connectivity index (χ4n) is 1.42. The van der Waals surface area contributed by atoms with E-state index >= 15 is 0 Å². The van der Waals surface area contributed by atoms with E-state index in [1.165, 1.54) is 6.42 Å². The molecule has 6 nitrogen and oxygen atoms in total. The first-order chi connectivity index (χ1) is 7.45. The molecule has 0 fully saturated rings. The highest BCUT2D eigenvalue weighted by molar-refractivity contribution is 4.57. The average Bonchev–Trinajstić information content (AvgIpc) is 2.88. The van der Waals surface area contributed by atoms with Gasteiger partial charge in [-0.05, 0) is 19.3 Å². The van der Waals surface area contributed by atoms with Crippen molar-refractivity contribution in [2.24, 2.45) is 0 Å². The van der Waals surface area contributed by atoms with Gasteiger partial charge in [0.05, 0.1) is 0 Å². The number of unbranched alkanes of at least 4 members (excludes halogenated alkanes) is 2. The van der Waals surface area contributed by atoms with E-state index in [1.807, 2.05) is 9.36 Å². The Kier molecular flexibility index (Phi) is 3.43. The molecule has 0 spiro atoms. The monoisotopic (exact) mass is 206 g/mol. The van der Waals surface area contributed by atoms with Crippen molar-refractivity contribution in [1.82, 2.24) is 29.5 Å². The Morgan fingerprint density at radius 3 is 1.67 bits per heavy atom. The molecule has 0 atom stereocenters. The van der Waals surface area contributed by atoms with Gasteiger partial charge in [-0.2, -0.15) is 10.2 Å². The Balaban J connectivity index is 1.56. The topological polar surface area (TPSA) is 61.4 Å². The zero-order valence-electron chi connectivity index (χ0n) is 8.53. The van der Waals surface area contributed by atoms with Gasteiger partial charge < -0.3 is 0 Å². The molecule has 0 amide bonds. The summed E-state index contributed by atoms with van der Waals surface area (Å²) in [7, 11) is 0. The zero-order chi connectivity index (χ0) is 10.3. The lowest BCUT2D eigenvalue weighted by molar-refractivity contribution is 0.500. The summed E-state index contributed by atoms with van der Waals surface area (Å²) < 4.78 is 3.71. The maximum absolute atomic E-state index is 4.04. The molecule has 0 aliphatic rings. The third kappa shape index (κ3) is 3.16. The summed E-state index contributed by atoms with van der Waals surface area (Å²) in [5.74, 6) is 0. The van der Waals surface area contributed by atoms with Crippen LogP contribution in [0.3, 0.4) is 0 Å². The van der Waals surface area contributed by atoms with E-state index < -0.39 is 0 Å². The maximum Gasteiger partial charge on any atom is 0.137 e. The van der Waals surface area contributed by atoms with E-state index in [1.54, 1.807) is 25.3 Å². The second-order valence-corrected chi connectivity index (χ2v) is 3.38. The number of aromatic nitrogens is 6. The molecule has 15 heavy (non-hydrogen) atoms. The van der Waals surface area contributed by atoms with Crippen molar-refractivity contribution < 1.29 is 0 Å². The van der Waals surface area contributed by atoms with Crippen molar-refractivity contribution in [2.75, 3.05) is 0 Å². The predicted molar refractivity (Wildman–Crippen MR) is 53.9 cm³/mol. The molecule has 6 heteroatoms. The lowest BCUT2D eigenvalue weighted by Crippen LogP contribution is -2.01. The molecule has 0 saturated heterocycles. The molecule has 0 radical (unpaired) electrons. The van der Waals surface area contributed by atoms with Crippen LogP contribution in [0.5, 0.6) is 0 Å². The zero-order valence-corrected chi connectivity index (χ0v) is 8.53. The normalized spacial score (nSPS) is 10.7. The van der Waals surface area contributed by atoms with Crippen LogP contribution in [0.4, 0.5) is 0 Å². The van der Waals surface area contributed by atoms with Crippen molar-refractivity contribution in [3.05, 3.63) is 25.3 Å². The molecule has 2 aromatic heterocycles. The lowest BCUT2D eigenvalue weighted by Gasteiger charge is -2.01. The highest BCUT2D eigenvalue weighted by Gasteiger charge is 1.94. The Hall–Kier alpha value is -1.72. The minimum Gasteiger partial charge on any atom is -0.253 e. The van der Waals surface area contributed by atoms with Crippen LogP contribution in [0.2, 0.25) is 0 Å². The van der Waals surface area contributed by atoms with Gasteiger partial charge in [0.2, 0.25) is 0 Å². The summed E-state index contributed by atoms with van der Waals surface area (Å²) in [6.45, 7) is 1.88. The summed E-state index contributed by atoms with van der Waals surface area (Å²) in [5.41, 5.74) is 0. The van der Waals surface area contributed by atoms with Crippen LogP contribution in [0.1, 0.15) is 19.3 Å². The van der Waals surface area contributed by atoms with Gasteiger partial charge in [-0.1, -0.05) is 0 Å². The van der Waals surface area contributed by atoms with Crippen LogP contribution in [0.15, 0.2) is 25.3 Å². The summed E-state index contributed by atoms with van der Waals surface area (Å²) >= 11 is 0. The van der Waals surface area contributed by atoms with E-state index in [9.17, 15) is 0 Å². The molecular weight excluding hydrogens is 192 g/mol. The largest absolute Gasteiger partial charge is 0.253 e. The van der Waals surface area contributed by atoms with Gasteiger partial charge >= 0.3 is 0 Å². The Morgan fingerprint density at radius 1 is 0.733 bits per heavy atom. The summed E-state index contributed by atoms with van der Waals surface area (Å²) in [5, 5.41) is 8.08. The van der Waals surface area contributed by atoms with E-state index in [0.717, 1.165) is 25.9 Å². The van der Waals surface area contributed by atoms with E-state index in [4.69, 9.17) is 0 Å². The first-order valence-electron chi connectivity index (χ1n) is 5.10. The molecule has 2 heterocycles. The number of hydrogen-bond donors (Lipinski definition) is 0. The molecule has 0 aliphatic heterocycles. The van der Waals surface area contributed by atoms with Crippen molar-refractivity contribution in [3.63, 3.8) is 0 Å². The van der Waals surface area contributed by atoms with Crippen molar-refractivity contribution in [1.29, 1.82) is 0 Å². The Labute approximate surface area is 88.0 Å². The molecule has 0 bridgehead atoms. The maximum atomic E-state index is 4.04. The fraction of sp³-hybridized carbons (Fsp3) is 0.556. The average molecular weight is 206 g/mol. The van der Waals surface area contributed by atoms with Gasteiger partial charge in [0, 0.05) is 13.1 Å². The Morgan fingerprint density at radius 2 is 1.27 bits per heavy atom. The summed E-state index contributed by atoms with van der Waals surface area (Å²) in [4.78, 5) is 7.78.